The molecule has 52 nitrogen and oxygen atoms in total. The van der Waals surface area contributed by atoms with Crippen LogP contribution in [0.1, 0.15) is 138 Å². The number of rotatable bonds is 51. The van der Waals surface area contributed by atoms with Crippen molar-refractivity contribution in [3.63, 3.8) is 0 Å². The van der Waals surface area contributed by atoms with Gasteiger partial charge in [-0.05, 0) is 94.4 Å². The van der Waals surface area contributed by atoms with E-state index >= 15 is 19.2 Å². The Morgan fingerprint density at radius 3 is 1.55 bits per heavy atom. The van der Waals surface area contributed by atoms with Gasteiger partial charge in [-0.1, -0.05) is 62.2 Å². The molecule has 0 radical (unpaired) electrons. The second-order valence-corrected chi connectivity index (χ2v) is 37.4. The number of ether oxygens (including phenoxy) is 3. The van der Waals surface area contributed by atoms with Crippen molar-refractivity contribution < 1.29 is 140 Å². The smallest absolute Gasteiger partial charge is 0.317 e. The van der Waals surface area contributed by atoms with Crippen LogP contribution < -0.4 is 86.3 Å². The number of imide groups is 1. The molecule has 17 amide bonds. The molecule has 5 heterocycles. The number of carboxylic acids is 4. The predicted octanol–water partition coefficient (Wildman–Crippen LogP) is -7.25. The average molecular weight is 2090 g/mol. The van der Waals surface area contributed by atoms with Gasteiger partial charge >= 0.3 is 23.9 Å². The molecule has 3 fully saturated rings. The number of guanidine groups is 1. The van der Waals surface area contributed by atoms with Gasteiger partial charge in [0, 0.05) is 148 Å². The summed E-state index contributed by atoms with van der Waals surface area (Å²) in [5.41, 5.74) is 17.2. The van der Waals surface area contributed by atoms with Gasteiger partial charge in [0.15, 0.2) is 5.96 Å². The Bertz CT molecular complexity index is 4860. The molecule has 54 heteroatoms. The number of amides is 17. The molecule has 146 heavy (non-hydrogen) atoms. The predicted molar refractivity (Wildman–Crippen MR) is 524 cm³/mol. The van der Waals surface area contributed by atoms with Crippen molar-refractivity contribution in [3.05, 3.63) is 81.1 Å². The molecule has 0 bridgehead atoms. The van der Waals surface area contributed by atoms with Gasteiger partial charge in [0.1, 0.15) is 60.4 Å². The Labute approximate surface area is 850 Å². The maximum Gasteiger partial charge on any atom is 0.317 e. The van der Waals surface area contributed by atoms with Gasteiger partial charge in [-0.3, -0.25) is 131 Å². The fourth-order valence-electron chi connectivity index (χ4n) is 16.2. The lowest BCUT2D eigenvalue weighted by Crippen LogP contribution is -2.62. The van der Waals surface area contributed by atoms with E-state index < -0.39 is 238 Å². The van der Waals surface area contributed by atoms with E-state index in [1.54, 1.807) is 52.0 Å². The van der Waals surface area contributed by atoms with Gasteiger partial charge in [0.2, 0.25) is 82.7 Å². The number of carboxylic acid groups (broad SMARTS) is 4. The zero-order valence-electron chi connectivity index (χ0n) is 81.7. The molecular formula is C92H137N23O29S2. The van der Waals surface area contributed by atoms with E-state index in [0.717, 1.165) is 11.8 Å². The fraction of sp³-hybridized carbons (Fsp3) is 0.609. The summed E-state index contributed by atoms with van der Waals surface area (Å²) < 4.78 is 16.9. The minimum Gasteiger partial charge on any atom is -0.481 e. The Balaban J connectivity index is 1.02. The first kappa shape index (κ1) is 120. The first-order chi connectivity index (χ1) is 69.7. The molecule has 806 valence electrons. The Hall–Kier alpha value is -13.1. The Morgan fingerprint density at radius 1 is 0.493 bits per heavy atom. The highest BCUT2D eigenvalue weighted by Gasteiger charge is 2.47. The third kappa shape index (κ3) is 42.9. The molecule has 5 aliphatic heterocycles. The van der Waals surface area contributed by atoms with Gasteiger partial charge < -0.3 is 131 Å². The summed E-state index contributed by atoms with van der Waals surface area (Å²) in [4.78, 5) is 296. The number of unbranched alkanes of at least 4 members (excludes halogenated alkanes) is 1. The van der Waals surface area contributed by atoms with Gasteiger partial charge in [-0.2, -0.15) is 0 Å². The first-order valence-corrected chi connectivity index (χ1v) is 50.3. The van der Waals surface area contributed by atoms with Crippen molar-refractivity contribution in [3.8, 4) is 0 Å². The number of nitrogens with two attached hydrogens (primary N) is 3. The number of nitrogens with one attached hydrogen (secondary N) is 14. The van der Waals surface area contributed by atoms with Crippen LogP contribution in [0.25, 0.3) is 0 Å². The number of aliphatic carboxylic acids is 4. The number of carbonyl (C=O) groups excluding carboxylic acids is 17. The number of primary amides is 2. The zero-order valence-corrected chi connectivity index (χ0v) is 83.4. The van der Waals surface area contributed by atoms with Crippen LogP contribution in [0, 0.1) is 5.41 Å². The number of hydrogen-bond donors (Lipinski definition) is 22. The van der Waals surface area contributed by atoms with Crippen LogP contribution in [0.15, 0.2) is 64.4 Å². The number of fused-ring (bicyclic) bond motifs is 2. The minimum atomic E-state index is -2.01. The van der Waals surface area contributed by atoms with Crippen LogP contribution in [-0.4, -0.2) is 414 Å². The van der Waals surface area contributed by atoms with Crippen molar-refractivity contribution in [2.45, 2.75) is 196 Å². The highest BCUT2D eigenvalue weighted by molar-refractivity contribution is 8.08. The molecule has 5 aliphatic rings. The van der Waals surface area contributed by atoms with Crippen molar-refractivity contribution in [1.82, 2.24) is 98.5 Å². The second kappa shape index (κ2) is 63.3. The van der Waals surface area contributed by atoms with Gasteiger partial charge in [0.05, 0.1) is 74.9 Å². The molecule has 2 aromatic carbocycles. The van der Waals surface area contributed by atoms with Gasteiger partial charge in [0.25, 0.3) is 17.7 Å². The lowest BCUT2D eigenvalue weighted by Gasteiger charge is -2.34. The summed E-state index contributed by atoms with van der Waals surface area (Å²) >= 11 is 1.02. The largest absolute Gasteiger partial charge is 0.481 e. The third-order valence-corrected chi connectivity index (χ3v) is 26.4. The normalized spacial score (nSPS) is 20.6. The van der Waals surface area contributed by atoms with E-state index in [0.29, 0.717) is 66.9 Å². The number of carbonyl (C=O) groups is 21. The number of thioether (sulfide) groups is 2. The summed E-state index contributed by atoms with van der Waals surface area (Å²) in [5.74, 6) is -22.4. The molecule has 2 aromatic rings. The maximum absolute atomic E-state index is 15.5. The molecule has 0 unspecified atom stereocenters. The van der Waals surface area contributed by atoms with E-state index in [2.05, 4.69) is 69.1 Å². The summed E-state index contributed by atoms with van der Waals surface area (Å²) in [5, 5.41) is 90.3. The van der Waals surface area contributed by atoms with E-state index in [9.17, 15) is 107 Å². The summed E-state index contributed by atoms with van der Waals surface area (Å²) in [6.45, 7) is 5.49. The third-order valence-electron chi connectivity index (χ3n) is 23.9. The highest BCUT2D eigenvalue weighted by Crippen LogP contribution is 2.35. The van der Waals surface area contributed by atoms with Crippen molar-refractivity contribution in [2.24, 2.45) is 17.2 Å². The van der Waals surface area contributed by atoms with Gasteiger partial charge in [-0.15, -0.1) is 23.5 Å². The topological polar surface area (TPSA) is 765 Å². The van der Waals surface area contributed by atoms with E-state index in [4.69, 9.17) is 36.8 Å². The molecule has 0 aromatic heterocycles. The average Bonchev–Trinajstić information content (AvgIpc) is 1.64. The SMILES string of the molecule is CCCC[C@H](NC(=O)CCC(=O)NCCCOCCOCCOCCCNC(=O)CN1CCN(CC(=O)O)CCN(CC(=O)O)CCN(CC(=O)O)CC1)C(=O)N[C@H]1CSC2=C(SC[C@@H](C(=O)N[C@@H](CC(=O)O)C(=O)NCc3ccc(C(=O)N[C@@H](CCCNC(=N)N)C(N)=O)cc3)NC(=O)[C@H](Cc3ccccc3)NC(=O)[C@H](CCC(N)=O)NC(=O)[C@H]([C@@H](C)O)NC(=O)[C@@H]3CCCN3C(=O)[C@@H]3CCCN3C1=O)C(=O)NC2=O. The quantitative estimate of drug-likeness (QED) is 0.0127. The molecule has 0 spiro atoms. The Kier molecular flexibility index (Phi) is 52.0. The van der Waals surface area contributed by atoms with Crippen LogP contribution in [-0.2, 0) is 123 Å². The van der Waals surface area contributed by atoms with E-state index in [1.807, 2.05) is 4.90 Å². The van der Waals surface area contributed by atoms with Crippen LogP contribution in [0.5, 0.6) is 0 Å². The lowest BCUT2D eigenvalue weighted by molar-refractivity contribution is -0.148. The van der Waals surface area contributed by atoms with E-state index in [1.165, 1.54) is 29.2 Å². The second-order valence-electron chi connectivity index (χ2n) is 35.4. The molecular weight excluding hydrogens is 1960 g/mol. The van der Waals surface area contributed by atoms with Crippen molar-refractivity contribution in [2.75, 3.05) is 162 Å². The van der Waals surface area contributed by atoms with Crippen LogP contribution in [0.4, 0.5) is 0 Å². The minimum absolute atomic E-state index is 0.00434. The number of aliphatic hydroxyl groups excluding tert-OH is 1. The summed E-state index contributed by atoms with van der Waals surface area (Å²) in [6, 6.07) is -3.03. The molecule has 7 rings (SSSR count). The van der Waals surface area contributed by atoms with Crippen molar-refractivity contribution >= 4 is 154 Å². The number of aliphatic hydroxyl groups is 1. The molecule has 3 saturated heterocycles. The maximum atomic E-state index is 15.5. The monoisotopic (exact) mass is 2090 g/mol. The van der Waals surface area contributed by atoms with Crippen LogP contribution >= 0.6 is 23.5 Å². The molecule has 0 saturated carbocycles. The number of hydrogen-bond acceptors (Lipinski definition) is 32. The van der Waals surface area contributed by atoms with Crippen LogP contribution in [0.3, 0.4) is 0 Å². The first-order valence-electron chi connectivity index (χ1n) is 48.3. The van der Waals surface area contributed by atoms with Gasteiger partial charge in [-0.25, -0.2) is 0 Å². The molecule has 11 atom stereocenters. The summed E-state index contributed by atoms with van der Waals surface area (Å²) in [7, 11) is 0. The van der Waals surface area contributed by atoms with E-state index in [-0.39, 0.29) is 220 Å². The molecule has 25 N–H and O–H groups in total. The summed E-state index contributed by atoms with van der Waals surface area (Å²) in [6.07, 6.45) is -2.77. The van der Waals surface area contributed by atoms with Crippen LogP contribution in [0.2, 0.25) is 0 Å². The lowest BCUT2D eigenvalue weighted by atomic mass is 10.0. The number of benzene rings is 2. The highest BCUT2D eigenvalue weighted by atomic mass is 32.2. The standard InChI is InChI=1S/C92H137N23O29S2/c1-3-4-15-60(101-70(119)26-25-69(118)97-28-11-40-142-42-44-144-45-43-143-41-12-29-98-71(120)49-110-32-34-111(50-73(123)124)36-38-113(52-75(127)128)39-37-112(35-33-110)51-74(125)126)82(132)107-65-54-146-78-77(88(138)109-89(78)139)145-53-64(85(135)105-63(47-72(121)122)81(131)100-48-57-19-21-58(22-20-57)80(130)102-59(79(94)129)16-8-27-99-92(95)96)106-84(134)62(46-56-13-6-5-7-14-56)104-83(133)61(23-24-68(93)117)103-87(137)76(55(2)116)108-86(136)66-17-9-30-114(66)91(141)67-18-10-31-115(67)90(65)140/h5-7,13-14,19-22,55,59-67,76,116H,3-4,8-12,15-18,23-54H2,1-2H3,(H2,93,117)(H2,94,129)(H,97,118)(H,98,120)(H,100,131)(H,101,119)(H,102,130)(H,103,137)(H,104,133)(H,105,135)(H,106,134)(H,107,132)(H,108,136)(H,121,122)(H,123,124)(H,125,126)(H,127,128)(H4,95,96,99)(H,109,138,139)/t55-,59+,60+,61+,62+,63+,64+,65+,66+,67+,76+/m1/s1. The molecule has 0 aliphatic carbocycles. The zero-order chi connectivity index (χ0) is 107. The fourth-order valence-corrected chi connectivity index (χ4v) is 18.4. The van der Waals surface area contributed by atoms with Crippen molar-refractivity contribution in [1.29, 1.82) is 5.41 Å². The number of nitrogens with zero attached hydrogens (tertiary/aromatic N) is 6. The Morgan fingerprint density at radius 2 is 1.01 bits per heavy atom.